The van der Waals surface area contributed by atoms with E-state index in [1.165, 1.54) is 0 Å². The third-order valence-corrected chi connectivity index (χ3v) is 10.2. The van der Waals surface area contributed by atoms with E-state index in [0.717, 1.165) is 72.7 Å². The van der Waals surface area contributed by atoms with Crippen molar-refractivity contribution in [2.24, 2.45) is 0 Å². The number of nitrogens with zero attached hydrogens (tertiary/aromatic N) is 4. The van der Waals surface area contributed by atoms with Gasteiger partial charge in [-0.1, -0.05) is 146 Å². The van der Waals surface area contributed by atoms with E-state index in [9.17, 15) is 5.26 Å². The summed E-state index contributed by atoms with van der Waals surface area (Å²) in [6.07, 6.45) is 0. The highest BCUT2D eigenvalue weighted by Gasteiger charge is 2.52. The number of fused-ring (bicyclic) bond motifs is 9. The van der Waals surface area contributed by atoms with Crippen LogP contribution < -0.4 is 4.74 Å². The van der Waals surface area contributed by atoms with Gasteiger partial charge in [0.2, 0.25) is 0 Å². The van der Waals surface area contributed by atoms with Gasteiger partial charge in [-0.05, 0) is 57.6 Å². The summed E-state index contributed by atoms with van der Waals surface area (Å²) in [5.41, 5.74) is 11.1. The zero-order chi connectivity index (χ0) is 34.6. The van der Waals surface area contributed by atoms with Crippen LogP contribution in [0.2, 0.25) is 0 Å². The molecule has 242 valence electrons. The van der Waals surface area contributed by atoms with Crippen molar-refractivity contribution < 1.29 is 4.74 Å². The number of hydrogen-bond acceptors (Lipinski definition) is 5. The van der Waals surface area contributed by atoms with Crippen LogP contribution in [0.15, 0.2) is 170 Å². The van der Waals surface area contributed by atoms with Crippen molar-refractivity contribution in [3.63, 3.8) is 0 Å². The molecule has 1 aromatic heterocycles. The normalized spacial score (nSPS) is 12.9. The van der Waals surface area contributed by atoms with Crippen LogP contribution in [0.1, 0.15) is 27.8 Å². The van der Waals surface area contributed by atoms with Gasteiger partial charge in [0.05, 0.1) is 17.0 Å². The largest absolute Gasteiger partial charge is 0.457 e. The summed E-state index contributed by atoms with van der Waals surface area (Å²) < 4.78 is 6.61. The Bertz CT molecular complexity index is 2630. The molecule has 52 heavy (non-hydrogen) atoms. The molecular weight excluding hydrogens is 637 g/mol. The molecule has 8 aromatic rings. The van der Waals surface area contributed by atoms with Crippen molar-refractivity contribution in [2.45, 2.75) is 5.41 Å². The van der Waals surface area contributed by atoms with Crippen LogP contribution in [0, 0.1) is 11.3 Å². The van der Waals surface area contributed by atoms with Gasteiger partial charge in [-0.3, -0.25) is 0 Å². The fourth-order valence-corrected chi connectivity index (χ4v) is 8.10. The maximum atomic E-state index is 9.92. The van der Waals surface area contributed by atoms with Gasteiger partial charge in [0.1, 0.15) is 11.5 Å². The maximum absolute atomic E-state index is 9.92. The summed E-state index contributed by atoms with van der Waals surface area (Å²) in [5.74, 6) is 3.43. The van der Waals surface area contributed by atoms with Crippen LogP contribution in [0.25, 0.3) is 56.4 Å². The van der Waals surface area contributed by atoms with Gasteiger partial charge in [-0.2, -0.15) is 5.26 Å². The van der Waals surface area contributed by atoms with E-state index < -0.39 is 5.41 Å². The number of nitriles is 1. The Morgan fingerprint density at radius 3 is 1.48 bits per heavy atom. The van der Waals surface area contributed by atoms with E-state index in [2.05, 4.69) is 84.9 Å². The molecule has 0 atom stereocenters. The molecule has 0 bridgehead atoms. The highest BCUT2D eigenvalue weighted by Crippen LogP contribution is 2.64. The molecule has 0 unspecified atom stereocenters. The van der Waals surface area contributed by atoms with E-state index in [1.54, 1.807) is 0 Å². The van der Waals surface area contributed by atoms with Crippen molar-refractivity contribution >= 4 is 0 Å². The second-order valence-corrected chi connectivity index (χ2v) is 13.0. The molecule has 0 N–H and O–H groups in total. The molecule has 1 aliphatic heterocycles. The molecule has 1 spiro atoms. The number of ether oxygens (including phenoxy) is 1. The van der Waals surface area contributed by atoms with Crippen molar-refractivity contribution in [3.8, 4) is 74.0 Å². The second-order valence-electron chi connectivity index (χ2n) is 13.0. The first-order chi connectivity index (χ1) is 25.7. The monoisotopic (exact) mass is 664 g/mol. The highest BCUT2D eigenvalue weighted by molar-refractivity contribution is 6.02. The standard InChI is InChI=1S/C47H28N4O/c48-29-30-14-11-19-33(28-30)34-20-12-24-38-42(34)43-35(46-50-44(31-15-3-1-4-16-31)49-45(51-46)32-17-5-2-6-18-32)21-13-25-39(43)47(38)36-22-7-9-26-40(36)52-41-27-10-8-23-37(41)47/h1-28H. The van der Waals surface area contributed by atoms with Gasteiger partial charge in [0.25, 0.3) is 0 Å². The van der Waals surface area contributed by atoms with Crippen LogP contribution in [0.3, 0.4) is 0 Å². The molecule has 1 aliphatic carbocycles. The maximum Gasteiger partial charge on any atom is 0.164 e. The first kappa shape index (κ1) is 29.7. The molecule has 2 heterocycles. The van der Waals surface area contributed by atoms with Crippen LogP contribution in [0.4, 0.5) is 0 Å². The smallest absolute Gasteiger partial charge is 0.164 e. The van der Waals surface area contributed by atoms with Gasteiger partial charge >= 0.3 is 0 Å². The molecule has 5 nitrogen and oxygen atoms in total. The summed E-state index contributed by atoms with van der Waals surface area (Å²) in [4.78, 5) is 15.4. The van der Waals surface area contributed by atoms with Crippen LogP contribution >= 0.6 is 0 Å². The predicted molar refractivity (Wildman–Crippen MR) is 204 cm³/mol. The molecule has 0 radical (unpaired) electrons. The first-order valence-electron chi connectivity index (χ1n) is 17.3. The zero-order valence-electron chi connectivity index (χ0n) is 27.9. The number of aromatic nitrogens is 3. The Kier molecular flexibility index (Phi) is 6.70. The Balaban J connectivity index is 1.35. The number of rotatable bonds is 4. The Hall–Kier alpha value is -7.16. The van der Waals surface area contributed by atoms with Crippen LogP contribution in [-0.2, 0) is 5.41 Å². The SMILES string of the molecule is N#Cc1cccc(-c2cccc3c2-c2c(-c4nc(-c5ccccc5)nc(-c5ccccc5)n4)cccc2C32c3ccccc3Oc3ccccc32)c1. The van der Waals surface area contributed by atoms with E-state index in [-0.39, 0.29) is 0 Å². The lowest BCUT2D eigenvalue weighted by atomic mass is 9.66. The van der Waals surface area contributed by atoms with Crippen molar-refractivity contribution in [2.75, 3.05) is 0 Å². The summed E-state index contributed by atoms with van der Waals surface area (Å²) in [6, 6.07) is 60.0. The minimum Gasteiger partial charge on any atom is -0.457 e. The highest BCUT2D eigenvalue weighted by atomic mass is 16.5. The van der Waals surface area contributed by atoms with Crippen molar-refractivity contribution in [1.29, 1.82) is 5.26 Å². The van der Waals surface area contributed by atoms with E-state index >= 15 is 0 Å². The number of para-hydroxylation sites is 2. The Morgan fingerprint density at radius 2 is 0.885 bits per heavy atom. The van der Waals surface area contributed by atoms with Crippen molar-refractivity contribution in [3.05, 3.63) is 198 Å². The van der Waals surface area contributed by atoms with E-state index in [4.69, 9.17) is 19.7 Å². The molecule has 10 rings (SSSR count). The molecule has 0 saturated carbocycles. The average molecular weight is 665 g/mol. The lowest BCUT2D eigenvalue weighted by Crippen LogP contribution is -2.32. The first-order valence-corrected chi connectivity index (χ1v) is 17.3. The van der Waals surface area contributed by atoms with E-state index in [1.807, 2.05) is 91.0 Å². The summed E-state index contributed by atoms with van der Waals surface area (Å²) in [5, 5.41) is 9.92. The van der Waals surface area contributed by atoms with Gasteiger partial charge < -0.3 is 4.74 Å². The molecule has 0 amide bonds. The van der Waals surface area contributed by atoms with E-state index in [0.29, 0.717) is 23.0 Å². The molecule has 2 aliphatic rings. The van der Waals surface area contributed by atoms with Gasteiger partial charge in [-0.25, -0.2) is 15.0 Å². The minimum atomic E-state index is -0.702. The summed E-state index contributed by atoms with van der Waals surface area (Å²) in [7, 11) is 0. The van der Waals surface area contributed by atoms with Gasteiger partial charge in [0, 0.05) is 27.8 Å². The molecule has 0 fully saturated rings. The van der Waals surface area contributed by atoms with Crippen molar-refractivity contribution in [1.82, 2.24) is 15.0 Å². The topological polar surface area (TPSA) is 71.7 Å². The average Bonchev–Trinajstić information content (AvgIpc) is 3.52. The fourth-order valence-electron chi connectivity index (χ4n) is 8.10. The number of hydrogen-bond donors (Lipinski definition) is 0. The molecular formula is C47H28N4O. The third-order valence-electron chi connectivity index (χ3n) is 10.2. The third kappa shape index (κ3) is 4.38. The zero-order valence-corrected chi connectivity index (χ0v) is 27.9. The number of benzene rings is 7. The summed E-state index contributed by atoms with van der Waals surface area (Å²) >= 11 is 0. The van der Waals surface area contributed by atoms with Crippen LogP contribution in [-0.4, -0.2) is 15.0 Å². The molecule has 5 heteroatoms. The predicted octanol–water partition coefficient (Wildman–Crippen LogP) is 10.9. The fraction of sp³-hybridized carbons (Fsp3) is 0.0213. The minimum absolute atomic E-state index is 0.585. The summed E-state index contributed by atoms with van der Waals surface area (Å²) in [6.45, 7) is 0. The Labute approximate surface area is 301 Å². The van der Waals surface area contributed by atoms with Gasteiger partial charge in [-0.15, -0.1) is 0 Å². The van der Waals surface area contributed by atoms with Crippen LogP contribution in [0.5, 0.6) is 11.5 Å². The quantitative estimate of drug-likeness (QED) is 0.187. The molecule has 0 saturated heterocycles. The molecule has 7 aromatic carbocycles. The lowest BCUT2D eigenvalue weighted by Gasteiger charge is -2.39. The Morgan fingerprint density at radius 1 is 0.423 bits per heavy atom. The van der Waals surface area contributed by atoms with Gasteiger partial charge in [0.15, 0.2) is 17.5 Å². The second kappa shape index (κ2) is 11.7. The lowest BCUT2D eigenvalue weighted by molar-refractivity contribution is 0.436.